The summed E-state index contributed by atoms with van der Waals surface area (Å²) in [4.78, 5) is 2.50. The van der Waals surface area contributed by atoms with Crippen molar-refractivity contribution >= 4 is 0 Å². The van der Waals surface area contributed by atoms with Gasteiger partial charge in [0.25, 0.3) is 0 Å². The first-order valence-electron chi connectivity index (χ1n) is 8.24. The minimum Gasteiger partial charge on any atom is -0.492 e. The molecule has 118 valence electrons. The first kappa shape index (κ1) is 15.6. The largest absolute Gasteiger partial charge is 0.492 e. The molecule has 1 atom stereocenters. The maximum Gasteiger partial charge on any atom is 0.122 e. The predicted octanol–water partition coefficient (Wildman–Crippen LogP) is 3.77. The van der Waals surface area contributed by atoms with Crippen LogP contribution in [0.15, 0.2) is 48.5 Å². The highest BCUT2D eigenvalue weighted by atomic mass is 16.5. The van der Waals surface area contributed by atoms with Gasteiger partial charge in [0, 0.05) is 12.6 Å². The second kappa shape index (κ2) is 7.30. The lowest BCUT2D eigenvalue weighted by molar-refractivity contribution is 0.113. The van der Waals surface area contributed by atoms with E-state index in [-0.39, 0.29) is 0 Å². The van der Waals surface area contributed by atoms with Crippen LogP contribution in [0.3, 0.4) is 0 Å². The zero-order valence-corrected chi connectivity index (χ0v) is 13.5. The highest BCUT2D eigenvalue weighted by Crippen LogP contribution is 2.28. The summed E-state index contributed by atoms with van der Waals surface area (Å²) in [5, 5.41) is 9.09. The number of rotatable bonds is 5. The number of ether oxygens (including phenoxy) is 1. The lowest BCUT2D eigenvalue weighted by Crippen LogP contribution is -2.43. The van der Waals surface area contributed by atoms with Gasteiger partial charge >= 0.3 is 0 Å². The first-order chi connectivity index (χ1) is 11.3. The molecule has 2 aromatic carbocycles. The Morgan fingerprint density at radius 1 is 1.22 bits per heavy atom. The van der Waals surface area contributed by atoms with Crippen molar-refractivity contribution in [1.29, 1.82) is 5.26 Å². The van der Waals surface area contributed by atoms with Gasteiger partial charge in [0.1, 0.15) is 12.4 Å². The van der Waals surface area contributed by atoms with Gasteiger partial charge in [0.05, 0.1) is 11.6 Å². The van der Waals surface area contributed by atoms with E-state index in [1.165, 1.54) is 5.56 Å². The molecule has 0 radical (unpaired) electrons. The average molecular weight is 306 g/mol. The van der Waals surface area contributed by atoms with E-state index in [1.807, 2.05) is 18.2 Å². The van der Waals surface area contributed by atoms with E-state index >= 15 is 0 Å². The topological polar surface area (TPSA) is 36.3 Å². The van der Waals surface area contributed by atoms with E-state index in [1.54, 1.807) is 0 Å². The van der Waals surface area contributed by atoms with Crippen LogP contribution < -0.4 is 4.74 Å². The van der Waals surface area contributed by atoms with E-state index in [9.17, 15) is 0 Å². The van der Waals surface area contributed by atoms with E-state index in [2.05, 4.69) is 48.2 Å². The van der Waals surface area contributed by atoms with Crippen molar-refractivity contribution in [2.24, 2.45) is 0 Å². The predicted molar refractivity (Wildman–Crippen MR) is 91.3 cm³/mol. The van der Waals surface area contributed by atoms with Crippen molar-refractivity contribution in [2.75, 3.05) is 13.2 Å². The van der Waals surface area contributed by atoms with Crippen LogP contribution in [0.5, 0.6) is 5.75 Å². The van der Waals surface area contributed by atoms with Gasteiger partial charge in [0.15, 0.2) is 0 Å². The zero-order valence-electron chi connectivity index (χ0n) is 13.5. The molecule has 1 aliphatic heterocycles. The first-order valence-corrected chi connectivity index (χ1v) is 8.24. The molecule has 0 saturated carbocycles. The maximum absolute atomic E-state index is 9.09. The highest BCUT2D eigenvalue weighted by Gasteiger charge is 2.25. The van der Waals surface area contributed by atoms with Crippen molar-refractivity contribution in [1.82, 2.24) is 4.90 Å². The van der Waals surface area contributed by atoms with Crippen LogP contribution in [0, 0.1) is 11.3 Å². The Morgan fingerprint density at radius 2 is 2.04 bits per heavy atom. The van der Waals surface area contributed by atoms with Gasteiger partial charge in [-0.2, -0.15) is 5.26 Å². The van der Waals surface area contributed by atoms with Crippen LogP contribution in [-0.2, 0) is 13.0 Å². The summed E-state index contributed by atoms with van der Waals surface area (Å²) >= 11 is 0. The van der Waals surface area contributed by atoms with E-state index in [0.29, 0.717) is 18.2 Å². The number of fused-ring (bicyclic) bond motifs is 1. The van der Waals surface area contributed by atoms with Crippen molar-refractivity contribution in [3.8, 4) is 11.8 Å². The van der Waals surface area contributed by atoms with Crippen molar-refractivity contribution in [3.05, 3.63) is 65.2 Å². The van der Waals surface area contributed by atoms with Crippen LogP contribution in [0.1, 0.15) is 30.0 Å². The molecule has 2 aromatic rings. The third-order valence-electron chi connectivity index (χ3n) is 4.33. The molecule has 3 nitrogen and oxygen atoms in total. The summed E-state index contributed by atoms with van der Waals surface area (Å²) in [6.45, 7) is 4.92. The molecule has 0 unspecified atom stereocenters. The fourth-order valence-corrected chi connectivity index (χ4v) is 3.18. The number of benzene rings is 2. The molecule has 0 saturated heterocycles. The maximum atomic E-state index is 9.09. The SMILES string of the molecule is CCCN(Cc1ccccc1)[C@@H]1COc2ccc(C#N)cc2C1. The normalized spacial score (nSPS) is 16.5. The second-order valence-corrected chi connectivity index (χ2v) is 6.06. The smallest absolute Gasteiger partial charge is 0.122 e. The van der Waals surface area contributed by atoms with Crippen LogP contribution >= 0.6 is 0 Å². The molecular weight excluding hydrogens is 284 g/mol. The van der Waals surface area contributed by atoms with Crippen LogP contribution in [0.25, 0.3) is 0 Å². The summed E-state index contributed by atoms with van der Waals surface area (Å²) in [6, 6.07) is 18.9. The van der Waals surface area contributed by atoms with Gasteiger partial charge < -0.3 is 4.74 Å². The molecular formula is C20H22N2O. The van der Waals surface area contributed by atoms with Crippen LogP contribution in [0.2, 0.25) is 0 Å². The molecule has 0 N–H and O–H groups in total. The third kappa shape index (κ3) is 3.72. The van der Waals surface area contributed by atoms with Gasteiger partial charge in [-0.15, -0.1) is 0 Å². The lowest BCUT2D eigenvalue weighted by atomic mass is 9.99. The number of nitrogens with zero attached hydrogens (tertiary/aromatic N) is 2. The molecule has 3 heteroatoms. The minimum atomic E-state index is 0.358. The quantitative estimate of drug-likeness (QED) is 0.843. The fraction of sp³-hybridized carbons (Fsp3) is 0.350. The molecule has 1 heterocycles. The van der Waals surface area contributed by atoms with Gasteiger partial charge in [-0.25, -0.2) is 0 Å². The number of nitriles is 1. The summed E-state index contributed by atoms with van der Waals surface area (Å²) in [6.07, 6.45) is 2.06. The number of hydrogen-bond donors (Lipinski definition) is 0. The molecule has 0 spiro atoms. The summed E-state index contributed by atoms with van der Waals surface area (Å²) in [7, 11) is 0. The molecule has 3 rings (SSSR count). The lowest BCUT2D eigenvalue weighted by Gasteiger charge is -2.35. The Kier molecular flexibility index (Phi) is 4.95. The molecule has 0 amide bonds. The van der Waals surface area contributed by atoms with E-state index < -0.39 is 0 Å². The molecule has 0 fully saturated rings. The molecule has 0 aliphatic carbocycles. The second-order valence-electron chi connectivity index (χ2n) is 6.06. The van der Waals surface area contributed by atoms with Crippen molar-refractivity contribution in [3.63, 3.8) is 0 Å². The third-order valence-corrected chi connectivity index (χ3v) is 4.33. The summed E-state index contributed by atoms with van der Waals surface area (Å²) in [5.74, 6) is 0.927. The summed E-state index contributed by atoms with van der Waals surface area (Å²) < 4.78 is 5.95. The Morgan fingerprint density at radius 3 is 2.78 bits per heavy atom. The molecule has 1 aliphatic rings. The minimum absolute atomic E-state index is 0.358. The Labute approximate surface area is 138 Å². The molecule has 0 aromatic heterocycles. The van der Waals surface area contributed by atoms with E-state index in [0.717, 1.165) is 37.2 Å². The number of hydrogen-bond acceptors (Lipinski definition) is 3. The molecule has 23 heavy (non-hydrogen) atoms. The Balaban J connectivity index is 1.77. The van der Waals surface area contributed by atoms with Crippen molar-refractivity contribution in [2.45, 2.75) is 32.4 Å². The average Bonchev–Trinajstić information content (AvgIpc) is 2.61. The Bertz CT molecular complexity index is 691. The van der Waals surface area contributed by atoms with E-state index in [4.69, 9.17) is 10.00 Å². The summed E-state index contributed by atoms with van der Waals surface area (Å²) in [5.41, 5.74) is 3.19. The van der Waals surface area contributed by atoms with Gasteiger partial charge in [0.2, 0.25) is 0 Å². The fourth-order valence-electron chi connectivity index (χ4n) is 3.18. The van der Waals surface area contributed by atoms with Crippen LogP contribution in [-0.4, -0.2) is 24.1 Å². The molecule has 0 bridgehead atoms. The zero-order chi connectivity index (χ0) is 16.1. The standard InChI is InChI=1S/C20H22N2O/c1-2-10-22(14-16-6-4-3-5-7-16)19-12-18-11-17(13-21)8-9-20(18)23-15-19/h3-9,11,19H,2,10,12,14-15H2,1H3/t19-/m0/s1. The Hall–Kier alpha value is -2.31. The highest BCUT2D eigenvalue weighted by molar-refractivity contribution is 5.43. The van der Waals surface area contributed by atoms with Gasteiger partial charge in [-0.3, -0.25) is 4.90 Å². The van der Waals surface area contributed by atoms with Gasteiger partial charge in [-0.05, 0) is 48.7 Å². The van der Waals surface area contributed by atoms with Gasteiger partial charge in [-0.1, -0.05) is 37.3 Å². The van der Waals surface area contributed by atoms with Crippen molar-refractivity contribution < 1.29 is 4.74 Å². The monoisotopic (exact) mass is 306 g/mol. The van der Waals surface area contributed by atoms with Crippen LogP contribution in [0.4, 0.5) is 0 Å².